The predicted octanol–water partition coefficient (Wildman–Crippen LogP) is 2.78. The molecule has 0 heterocycles. The molecule has 0 aromatic heterocycles. The van der Waals surface area contributed by atoms with E-state index in [9.17, 15) is 0 Å². The maximum Gasteiger partial charge on any atom is 0.0320 e. The number of nitrogens with two attached hydrogens (primary N) is 1. The minimum absolute atomic E-state index is 0.796. The lowest BCUT2D eigenvalue weighted by atomic mass is 10.1. The minimum Gasteiger partial charge on any atom is -0.399 e. The summed E-state index contributed by atoms with van der Waals surface area (Å²) in [7, 11) is 0. The van der Waals surface area contributed by atoms with Crippen molar-refractivity contribution < 1.29 is 0 Å². The van der Waals surface area contributed by atoms with Gasteiger partial charge in [0.1, 0.15) is 0 Å². The van der Waals surface area contributed by atoms with Gasteiger partial charge >= 0.3 is 0 Å². The number of allylic oxidation sites excluding steroid dienone is 2. The maximum atomic E-state index is 5.64. The van der Waals surface area contributed by atoms with E-state index in [0.717, 1.165) is 11.3 Å². The van der Waals surface area contributed by atoms with Crippen LogP contribution in [0.2, 0.25) is 0 Å². The molecule has 12 heavy (non-hydrogen) atoms. The molecule has 0 fully saturated rings. The Bertz CT molecular complexity index is 311. The van der Waals surface area contributed by atoms with Crippen LogP contribution in [0, 0.1) is 6.92 Å². The summed E-state index contributed by atoms with van der Waals surface area (Å²) >= 11 is 0. The van der Waals surface area contributed by atoms with E-state index in [4.69, 9.17) is 5.73 Å². The van der Waals surface area contributed by atoms with Crippen molar-refractivity contribution in [2.24, 2.45) is 0 Å². The zero-order valence-electron chi connectivity index (χ0n) is 7.25. The summed E-state index contributed by atoms with van der Waals surface area (Å²) in [5.74, 6) is 0. The lowest BCUT2D eigenvalue weighted by Crippen LogP contribution is -1.87. The molecule has 1 aromatic rings. The van der Waals surface area contributed by atoms with Gasteiger partial charge in [-0.1, -0.05) is 30.9 Å². The molecule has 1 rings (SSSR count). The van der Waals surface area contributed by atoms with Gasteiger partial charge in [-0.3, -0.25) is 0 Å². The van der Waals surface area contributed by atoms with Crippen molar-refractivity contribution >= 4 is 11.8 Å². The first-order chi connectivity index (χ1) is 5.74. The number of nitrogen functional groups attached to an aromatic ring is 1. The van der Waals surface area contributed by atoms with E-state index < -0.39 is 0 Å². The summed E-state index contributed by atoms with van der Waals surface area (Å²) in [6.07, 6.45) is 5.66. The molecule has 0 saturated heterocycles. The van der Waals surface area contributed by atoms with Crippen LogP contribution in [0.5, 0.6) is 0 Å². The molecule has 1 aromatic carbocycles. The molecule has 2 N–H and O–H groups in total. The molecule has 0 aliphatic carbocycles. The Morgan fingerprint density at radius 2 is 2.17 bits per heavy atom. The molecule has 0 atom stereocenters. The molecular weight excluding hydrogens is 146 g/mol. The Hall–Kier alpha value is -1.50. The van der Waals surface area contributed by atoms with Crippen LogP contribution in [0.25, 0.3) is 6.08 Å². The molecule has 0 aliphatic rings. The van der Waals surface area contributed by atoms with E-state index in [1.54, 1.807) is 6.08 Å². The lowest BCUT2D eigenvalue weighted by molar-refractivity contribution is 1.44. The molecule has 0 amide bonds. The van der Waals surface area contributed by atoms with Crippen molar-refractivity contribution in [1.29, 1.82) is 0 Å². The second-order valence-electron chi connectivity index (χ2n) is 2.71. The average molecular weight is 159 g/mol. The summed E-state index contributed by atoms with van der Waals surface area (Å²) in [5.41, 5.74) is 8.81. The zero-order valence-corrected chi connectivity index (χ0v) is 7.25. The minimum atomic E-state index is 0.796. The fourth-order valence-electron chi connectivity index (χ4n) is 1.01. The highest BCUT2D eigenvalue weighted by molar-refractivity contribution is 5.60. The van der Waals surface area contributed by atoms with Gasteiger partial charge in [0, 0.05) is 5.69 Å². The predicted molar refractivity (Wildman–Crippen MR) is 54.8 cm³/mol. The van der Waals surface area contributed by atoms with Gasteiger partial charge in [0.2, 0.25) is 0 Å². The molecule has 62 valence electrons. The molecule has 0 aliphatic heterocycles. The van der Waals surface area contributed by atoms with Gasteiger partial charge in [-0.2, -0.15) is 0 Å². The third-order valence-electron chi connectivity index (χ3n) is 1.72. The normalized spacial score (nSPS) is 10.4. The smallest absolute Gasteiger partial charge is 0.0320 e. The lowest BCUT2D eigenvalue weighted by Gasteiger charge is -2.00. The van der Waals surface area contributed by atoms with Crippen LogP contribution < -0.4 is 5.73 Å². The summed E-state index contributed by atoms with van der Waals surface area (Å²) in [4.78, 5) is 0. The van der Waals surface area contributed by atoms with Crippen LogP contribution in [0.15, 0.2) is 36.9 Å². The molecule has 1 heteroatoms. The second-order valence-corrected chi connectivity index (χ2v) is 2.71. The van der Waals surface area contributed by atoms with Crippen molar-refractivity contribution in [3.63, 3.8) is 0 Å². The van der Waals surface area contributed by atoms with Gasteiger partial charge in [-0.15, -0.1) is 0 Å². The number of anilines is 1. The van der Waals surface area contributed by atoms with Crippen molar-refractivity contribution in [2.75, 3.05) is 5.73 Å². The SMILES string of the molecule is C=C/C=C\c1cc(N)ccc1C. The summed E-state index contributed by atoms with van der Waals surface area (Å²) < 4.78 is 0. The number of aryl methyl sites for hydroxylation is 1. The van der Waals surface area contributed by atoms with Gasteiger partial charge in [0.25, 0.3) is 0 Å². The maximum absolute atomic E-state index is 5.64. The van der Waals surface area contributed by atoms with E-state index in [-0.39, 0.29) is 0 Å². The quantitative estimate of drug-likeness (QED) is 0.521. The Labute approximate surface area is 73.2 Å². The first-order valence-corrected chi connectivity index (χ1v) is 3.89. The number of benzene rings is 1. The topological polar surface area (TPSA) is 26.0 Å². The standard InChI is InChI=1S/C11H13N/c1-3-4-5-10-8-11(12)7-6-9(10)2/h3-8H,1,12H2,2H3/b5-4-. The van der Waals surface area contributed by atoms with Gasteiger partial charge in [-0.05, 0) is 30.2 Å². The Balaban J connectivity index is 3.04. The van der Waals surface area contributed by atoms with Crippen LogP contribution in [-0.2, 0) is 0 Å². The van der Waals surface area contributed by atoms with Gasteiger partial charge in [0.05, 0.1) is 0 Å². The summed E-state index contributed by atoms with van der Waals surface area (Å²) in [6.45, 7) is 5.67. The van der Waals surface area contributed by atoms with E-state index in [2.05, 4.69) is 13.5 Å². The Kier molecular flexibility index (Phi) is 2.70. The fraction of sp³-hybridized carbons (Fsp3) is 0.0909. The highest BCUT2D eigenvalue weighted by Crippen LogP contribution is 2.13. The second kappa shape index (κ2) is 3.77. The highest BCUT2D eigenvalue weighted by atomic mass is 14.5. The average Bonchev–Trinajstić information content (AvgIpc) is 2.07. The molecule has 0 unspecified atom stereocenters. The molecule has 0 radical (unpaired) electrons. The number of hydrogen-bond donors (Lipinski definition) is 1. The van der Waals surface area contributed by atoms with E-state index in [1.165, 1.54) is 5.56 Å². The van der Waals surface area contributed by atoms with Crippen LogP contribution in [0.3, 0.4) is 0 Å². The van der Waals surface area contributed by atoms with Crippen LogP contribution in [0.4, 0.5) is 5.69 Å². The summed E-state index contributed by atoms with van der Waals surface area (Å²) in [5, 5.41) is 0. The van der Waals surface area contributed by atoms with E-state index >= 15 is 0 Å². The van der Waals surface area contributed by atoms with Gasteiger partial charge in [-0.25, -0.2) is 0 Å². The molecular formula is C11H13N. The third-order valence-corrected chi connectivity index (χ3v) is 1.72. The molecule has 0 bridgehead atoms. The van der Waals surface area contributed by atoms with Crippen molar-refractivity contribution in [3.05, 3.63) is 48.1 Å². The molecule has 0 saturated carbocycles. The van der Waals surface area contributed by atoms with Gasteiger partial charge in [0.15, 0.2) is 0 Å². The first kappa shape index (κ1) is 8.60. The molecule has 0 spiro atoms. The third kappa shape index (κ3) is 1.99. The van der Waals surface area contributed by atoms with Crippen molar-refractivity contribution in [1.82, 2.24) is 0 Å². The summed E-state index contributed by atoms with van der Waals surface area (Å²) in [6, 6.07) is 5.87. The zero-order chi connectivity index (χ0) is 8.97. The first-order valence-electron chi connectivity index (χ1n) is 3.89. The Morgan fingerprint density at radius 1 is 1.42 bits per heavy atom. The van der Waals surface area contributed by atoms with Crippen molar-refractivity contribution in [3.8, 4) is 0 Å². The van der Waals surface area contributed by atoms with E-state index in [1.807, 2.05) is 30.4 Å². The number of rotatable bonds is 2. The van der Waals surface area contributed by atoms with Crippen molar-refractivity contribution in [2.45, 2.75) is 6.92 Å². The van der Waals surface area contributed by atoms with E-state index in [0.29, 0.717) is 0 Å². The highest BCUT2D eigenvalue weighted by Gasteiger charge is 1.92. The fourth-order valence-corrected chi connectivity index (χ4v) is 1.01. The Morgan fingerprint density at radius 3 is 2.83 bits per heavy atom. The monoisotopic (exact) mass is 159 g/mol. The number of hydrogen-bond acceptors (Lipinski definition) is 1. The van der Waals surface area contributed by atoms with Crippen LogP contribution in [0.1, 0.15) is 11.1 Å². The van der Waals surface area contributed by atoms with Gasteiger partial charge < -0.3 is 5.73 Å². The van der Waals surface area contributed by atoms with Crippen LogP contribution >= 0.6 is 0 Å². The molecule has 1 nitrogen and oxygen atoms in total. The largest absolute Gasteiger partial charge is 0.399 e. The van der Waals surface area contributed by atoms with Crippen LogP contribution in [-0.4, -0.2) is 0 Å².